The fourth-order valence-electron chi connectivity index (χ4n) is 0.385. The molecule has 0 saturated heterocycles. The minimum Gasteiger partial charge on any atom is -0.0623 e. The van der Waals surface area contributed by atoms with E-state index in [-0.39, 0.29) is 687 Å². The molecule has 0 atom stereocenters. The zero-order valence-electron chi connectivity index (χ0n) is 15.6. The fourth-order valence-corrected chi connectivity index (χ4v) is 0.385. The van der Waals surface area contributed by atoms with Crippen LogP contribution in [-0.4, -0.2) is 0 Å². The van der Waals surface area contributed by atoms with Gasteiger partial charge in [0.2, 0.25) is 0 Å². The molecule has 1 aromatic carbocycles. The van der Waals surface area contributed by atoms with Gasteiger partial charge < -0.3 is 0 Å². The van der Waals surface area contributed by atoms with Gasteiger partial charge in [-0.3, -0.25) is 0 Å². The van der Waals surface area contributed by atoms with Crippen LogP contribution in [0.1, 0.15) is 0 Å². The Kier molecular flexibility index (Phi) is 716. The van der Waals surface area contributed by atoms with Gasteiger partial charge in [-0.15, -0.1) is 0 Å². The summed E-state index contributed by atoms with van der Waals surface area (Å²) in [6.07, 6.45) is 0. The van der Waals surface area contributed by atoms with E-state index in [4.69, 9.17) is 0 Å². The van der Waals surface area contributed by atoms with Crippen molar-refractivity contribution in [1.82, 2.24) is 0 Å². The summed E-state index contributed by atoms with van der Waals surface area (Å²) in [5.41, 5.74) is 0. The van der Waals surface area contributed by atoms with Gasteiger partial charge in [0.25, 0.3) is 0 Å². The van der Waals surface area contributed by atoms with E-state index in [9.17, 15) is 0 Å². The number of rotatable bonds is 0. The summed E-state index contributed by atoms with van der Waals surface area (Å²) in [5.74, 6) is 0. The fraction of sp³-hybridized carbons (Fsp3) is 0. The zero-order valence-corrected chi connectivity index (χ0v) is 75.2. The van der Waals surface area contributed by atoms with E-state index in [2.05, 4.69) is 0 Å². The molecule has 0 N–H and O–H groups in total. The maximum Gasteiger partial charge on any atom is 0 e. The minimum atomic E-state index is 0. The van der Waals surface area contributed by atoms with Gasteiger partial charge in [0.05, 0.1) is 0 Å². The van der Waals surface area contributed by atoms with E-state index in [0.29, 0.717) is 0 Å². The zero-order chi connectivity index (χ0) is 4.24. The summed E-state index contributed by atoms with van der Waals surface area (Å²) < 4.78 is 0. The third kappa shape index (κ3) is 129. The van der Waals surface area contributed by atoms with Crippen molar-refractivity contribution in [3.8, 4) is 0 Å². The normalized spacial score (nSPS) is 1.78. The molecule has 0 spiro atoms. The van der Waals surface area contributed by atoms with Crippen LogP contribution in [0.5, 0.6) is 0 Å². The quantitative estimate of drug-likeness (QED) is 0.372. The first-order chi connectivity index (χ1) is 3.00. The van der Waals surface area contributed by atoms with Gasteiger partial charge in [-0.05, 0) is 0 Å². The Morgan fingerprint density at radius 2 is 0.148 bits per heavy atom. The van der Waals surface area contributed by atoms with Crippen molar-refractivity contribution in [1.29, 1.82) is 0 Å². The third-order valence-electron chi connectivity index (χ3n) is 0.667. The molecule has 0 heterocycles. The molecule has 0 aliphatic heterocycles. The van der Waals surface area contributed by atoms with Crippen LogP contribution < -0.4 is 0 Å². The Balaban J connectivity index is -0.000000000902. The molecule has 0 amide bonds. The van der Waals surface area contributed by atoms with Crippen LogP contribution in [0.2, 0.25) is 0 Å². The molecule has 93 valence electrons. The average molecular weight is 1950 g/mol. The Labute approximate surface area is 696 Å². The second-order valence-electron chi connectivity index (χ2n) is 1.15. The molecule has 0 saturated carbocycles. The predicted octanol–water partition coefficient (Wildman–Crippen LogP) is 1.63. The minimum absolute atomic E-state index is 0. The van der Waals surface area contributed by atoms with E-state index >= 15 is 0 Å². The van der Waals surface area contributed by atoms with Crippen molar-refractivity contribution in [2.45, 2.75) is 0 Å². The van der Waals surface area contributed by atoms with Gasteiger partial charge in [-0.1, -0.05) is 36.4 Å². The van der Waals surface area contributed by atoms with Crippen molar-refractivity contribution < 1.29 is 687 Å². The molecule has 0 aliphatic carbocycles. The molecule has 1 aromatic rings. The largest absolute Gasteiger partial charge is 0.0623 e. The maximum atomic E-state index is 2.00. The first-order valence-corrected chi connectivity index (χ1v) is 2.00. The Morgan fingerprint density at radius 3 is 0.185 bits per heavy atom. The second-order valence-corrected chi connectivity index (χ2v) is 1.15. The first-order valence-electron chi connectivity index (χ1n) is 2.00. The van der Waals surface area contributed by atoms with E-state index < -0.39 is 0 Å². The molecule has 0 fully saturated rings. The maximum absolute atomic E-state index is 2.00. The molecule has 27 heavy (non-hydrogen) atoms. The van der Waals surface area contributed by atoms with Crippen LogP contribution in [0, 0.1) is 0 Å². The Bertz CT molecular complexity index is 92.6. The van der Waals surface area contributed by atoms with Crippen molar-refractivity contribution in [3.63, 3.8) is 0 Å². The SMILES string of the molecule is [Y].[Y].[Y].[Y].[Y].[Y].[Y].[Y].[Y].[Y].[Y].[Y].[Y].[Y].[Y].[Y].[Y].[Y].[Y].[Y].[Y].c1ccccc1. The smallest absolute Gasteiger partial charge is 0 e. The van der Waals surface area contributed by atoms with Gasteiger partial charge in [0, 0.05) is 687 Å². The molecule has 1 rings (SSSR count). The van der Waals surface area contributed by atoms with Crippen LogP contribution in [-0.2, 0) is 687 Å². The molecule has 0 aliphatic rings. The Hall–Kier alpha value is 22.4. The second kappa shape index (κ2) is 135. The van der Waals surface area contributed by atoms with Gasteiger partial charge in [0.1, 0.15) is 0 Å². The summed E-state index contributed by atoms with van der Waals surface area (Å²) in [6, 6.07) is 12.0. The molecular weight excluding hydrogens is 1940 g/mol. The monoisotopic (exact) mass is 1950 g/mol. The summed E-state index contributed by atoms with van der Waals surface area (Å²) >= 11 is 0. The first kappa shape index (κ1) is 143. The van der Waals surface area contributed by atoms with Crippen LogP contribution >= 0.6 is 0 Å². The number of hydrogen-bond acceptors (Lipinski definition) is 0. The van der Waals surface area contributed by atoms with E-state index in [1.807, 2.05) is 36.4 Å². The molecule has 0 unspecified atom stereocenters. The van der Waals surface area contributed by atoms with Gasteiger partial charge in [-0.25, -0.2) is 0 Å². The molecule has 21 radical (unpaired) electrons. The van der Waals surface area contributed by atoms with Crippen LogP contribution in [0.4, 0.5) is 0 Å². The van der Waals surface area contributed by atoms with Crippen molar-refractivity contribution in [2.75, 3.05) is 0 Å². The van der Waals surface area contributed by atoms with Crippen LogP contribution in [0.3, 0.4) is 0 Å². The predicted molar refractivity (Wildman–Crippen MR) is 26.4 cm³/mol. The van der Waals surface area contributed by atoms with Crippen molar-refractivity contribution >= 4 is 0 Å². The Morgan fingerprint density at radius 1 is 0.111 bits per heavy atom. The van der Waals surface area contributed by atoms with E-state index in [1.165, 1.54) is 0 Å². The van der Waals surface area contributed by atoms with E-state index in [1.54, 1.807) is 0 Å². The average Bonchev–Trinajstić information content (AvgIpc) is 1.72. The summed E-state index contributed by atoms with van der Waals surface area (Å²) in [5, 5.41) is 0. The molecule has 0 bridgehead atoms. The third-order valence-corrected chi connectivity index (χ3v) is 0.667. The van der Waals surface area contributed by atoms with Gasteiger partial charge in [0.15, 0.2) is 0 Å². The standard InChI is InChI=1S/C6H6.21Y/c1-2-4-6-5-3-1;;;;;;;;;;;;;;;;;;;;;/h1-6H;;;;;;;;;;;;;;;;;;;;;. The summed E-state index contributed by atoms with van der Waals surface area (Å²) in [6.45, 7) is 0. The number of hydrogen-bond donors (Lipinski definition) is 0. The molecular formula is C6H6Y21. The van der Waals surface area contributed by atoms with Gasteiger partial charge >= 0.3 is 0 Å². The topological polar surface area (TPSA) is 0 Å². The molecule has 0 aromatic heterocycles. The number of benzene rings is 1. The van der Waals surface area contributed by atoms with E-state index in [0.717, 1.165) is 0 Å². The van der Waals surface area contributed by atoms with Crippen LogP contribution in [0.15, 0.2) is 36.4 Å². The van der Waals surface area contributed by atoms with Crippen molar-refractivity contribution in [3.05, 3.63) is 36.4 Å². The molecule has 0 nitrogen and oxygen atoms in total. The van der Waals surface area contributed by atoms with Crippen molar-refractivity contribution in [2.24, 2.45) is 0 Å². The molecule has 21 heteroatoms. The summed E-state index contributed by atoms with van der Waals surface area (Å²) in [7, 11) is 0. The summed E-state index contributed by atoms with van der Waals surface area (Å²) in [4.78, 5) is 0. The van der Waals surface area contributed by atoms with Crippen LogP contribution in [0.25, 0.3) is 0 Å². The van der Waals surface area contributed by atoms with Gasteiger partial charge in [-0.2, -0.15) is 0 Å².